The maximum Gasteiger partial charge on any atom is 0.251 e. The van der Waals surface area contributed by atoms with Crippen LogP contribution in [-0.2, 0) is 14.9 Å². The summed E-state index contributed by atoms with van der Waals surface area (Å²) in [7, 11) is 1.86. The number of ether oxygens (including phenoxy) is 1. The van der Waals surface area contributed by atoms with Gasteiger partial charge in [0.15, 0.2) is 0 Å². The minimum atomic E-state index is -0.327. The molecule has 0 saturated carbocycles. The number of halogens is 1. The van der Waals surface area contributed by atoms with Crippen molar-refractivity contribution in [2.24, 2.45) is 5.73 Å². The molecule has 1 fully saturated rings. The van der Waals surface area contributed by atoms with Gasteiger partial charge in [-0.15, -0.1) is 12.4 Å². The first-order valence-electron chi connectivity index (χ1n) is 8.01. The number of nitrogens with two attached hydrogens (primary N) is 1. The monoisotopic (exact) mass is 340 g/mol. The van der Waals surface area contributed by atoms with Crippen LogP contribution >= 0.6 is 12.4 Å². The number of rotatable bonds is 5. The molecule has 2 N–H and O–H groups in total. The molecule has 5 heteroatoms. The lowest BCUT2D eigenvalue weighted by molar-refractivity contribution is -0.142. The lowest BCUT2D eigenvalue weighted by Gasteiger charge is -2.32. The molecule has 1 amide bonds. The maximum atomic E-state index is 12.5. The number of hydrogen-bond donors (Lipinski definition) is 1. The summed E-state index contributed by atoms with van der Waals surface area (Å²) in [6.45, 7) is 7.57. The number of carbonyl (C=O) groups excluding carboxylic acids is 1. The third kappa shape index (κ3) is 4.93. The third-order valence-corrected chi connectivity index (χ3v) is 4.49. The Bertz CT molecular complexity index is 516. The average molecular weight is 341 g/mol. The van der Waals surface area contributed by atoms with Crippen LogP contribution in [0.25, 0.3) is 0 Å². The summed E-state index contributed by atoms with van der Waals surface area (Å²) in [6.07, 6.45) is 1.36. The summed E-state index contributed by atoms with van der Waals surface area (Å²) < 4.78 is 5.71. The van der Waals surface area contributed by atoms with Crippen LogP contribution in [-0.4, -0.2) is 43.2 Å². The van der Waals surface area contributed by atoms with Crippen molar-refractivity contribution in [1.29, 1.82) is 0 Å². The summed E-state index contributed by atoms with van der Waals surface area (Å²) in [6, 6.07) is 8.52. The highest BCUT2D eigenvalue weighted by atomic mass is 35.5. The zero-order chi connectivity index (χ0) is 16.3. The Balaban J connectivity index is 0.00000264. The summed E-state index contributed by atoms with van der Waals surface area (Å²) in [5.74, 6) is 0.0659. The normalized spacial score (nSPS) is 20.9. The molecule has 0 radical (unpaired) electrons. The molecular weight excluding hydrogens is 312 g/mol. The van der Waals surface area contributed by atoms with E-state index in [2.05, 4.69) is 45.0 Å². The topological polar surface area (TPSA) is 55.6 Å². The van der Waals surface area contributed by atoms with E-state index in [0.29, 0.717) is 13.1 Å². The number of hydrogen-bond acceptors (Lipinski definition) is 3. The number of benzene rings is 1. The van der Waals surface area contributed by atoms with Crippen LogP contribution in [0.3, 0.4) is 0 Å². The van der Waals surface area contributed by atoms with Gasteiger partial charge in [-0.1, -0.05) is 43.7 Å². The van der Waals surface area contributed by atoms with E-state index in [-0.39, 0.29) is 35.9 Å². The molecule has 130 valence electrons. The molecule has 2 atom stereocenters. The molecule has 1 saturated heterocycles. The number of carbonyl (C=O) groups is 1. The van der Waals surface area contributed by atoms with Gasteiger partial charge < -0.3 is 15.4 Å². The quantitative estimate of drug-likeness (QED) is 0.896. The smallest absolute Gasteiger partial charge is 0.251 e. The largest absolute Gasteiger partial charge is 0.364 e. The molecule has 1 aliphatic heterocycles. The number of nitrogens with zero attached hydrogens (tertiary/aromatic N) is 1. The minimum absolute atomic E-state index is 0. The van der Waals surface area contributed by atoms with E-state index in [1.807, 2.05) is 7.05 Å². The van der Waals surface area contributed by atoms with Crippen LogP contribution in [0.5, 0.6) is 0 Å². The molecule has 0 aliphatic carbocycles. The molecule has 1 aromatic rings. The Hall–Kier alpha value is -1.10. The van der Waals surface area contributed by atoms with Gasteiger partial charge in [0.05, 0.1) is 6.10 Å². The van der Waals surface area contributed by atoms with E-state index in [4.69, 9.17) is 10.5 Å². The Morgan fingerprint density at radius 1 is 1.30 bits per heavy atom. The molecule has 0 bridgehead atoms. The van der Waals surface area contributed by atoms with Crippen LogP contribution in [0.1, 0.15) is 37.8 Å². The Morgan fingerprint density at radius 2 is 1.91 bits per heavy atom. The molecule has 2 rings (SSSR count). The predicted octanol–water partition coefficient (Wildman–Crippen LogP) is 2.66. The van der Waals surface area contributed by atoms with Crippen molar-refractivity contribution < 1.29 is 9.53 Å². The fourth-order valence-corrected chi connectivity index (χ4v) is 3.07. The third-order valence-electron chi connectivity index (χ3n) is 4.49. The zero-order valence-corrected chi connectivity index (χ0v) is 15.4. The van der Waals surface area contributed by atoms with Gasteiger partial charge in [0.1, 0.15) is 6.10 Å². The van der Waals surface area contributed by atoms with Gasteiger partial charge in [-0.2, -0.15) is 0 Å². The first-order chi connectivity index (χ1) is 10.3. The SMILES string of the molecule is Cc1ccc(C(C)(C)CN(C)C(=O)[C@@H]2CC[C@H](CN)O2)cc1.Cl. The average Bonchev–Trinajstić information content (AvgIpc) is 2.95. The molecule has 0 spiro atoms. The van der Waals surface area contributed by atoms with Crippen LogP contribution in [0.4, 0.5) is 0 Å². The predicted molar refractivity (Wildman–Crippen MR) is 96.0 cm³/mol. The number of aryl methyl sites for hydroxylation is 1. The molecule has 1 heterocycles. The van der Waals surface area contributed by atoms with E-state index >= 15 is 0 Å². The van der Waals surface area contributed by atoms with Crippen molar-refractivity contribution in [3.05, 3.63) is 35.4 Å². The lowest BCUT2D eigenvalue weighted by Crippen LogP contribution is -2.43. The highest BCUT2D eigenvalue weighted by Crippen LogP contribution is 2.26. The van der Waals surface area contributed by atoms with E-state index in [9.17, 15) is 4.79 Å². The van der Waals surface area contributed by atoms with Crippen molar-refractivity contribution in [1.82, 2.24) is 4.90 Å². The minimum Gasteiger partial charge on any atom is -0.364 e. The van der Waals surface area contributed by atoms with Crippen LogP contribution in [0, 0.1) is 6.92 Å². The van der Waals surface area contributed by atoms with Crippen LogP contribution in [0.15, 0.2) is 24.3 Å². The molecular formula is C18H29ClN2O2. The summed E-state index contributed by atoms with van der Waals surface area (Å²) in [5.41, 5.74) is 8.01. The lowest BCUT2D eigenvalue weighted by atomic mass is 9.83. The fourth-order valence-electron chi connectivity index (χ4n) is 3.07. The van der Waals surface area contributed by atoms with Gasteiger partial charge in [0.25, 0.3) is 5.91 Å². The first-order valence-corrected chi connectivity index (χ1v) is 8.01. The highest BCUT2D eigenvalue weighted by Gasteiger charge is 2.33. The Morgan fingerprint density at radius 3 is 2.43 bits per heavy atom. The van der Waals surface area contributed by atoms with Crippen molar-refractivity contribution >= 4 is 18.3 Å². The number of likely N-dealkylation sites (N-methyl/N-ethyl adjacent to an activating group) is 1. The maximum absolute atomic E-state index is 12.5. The van der Waals surface area contributed by atoms with Crippen LogP contribution < -0.4 is 5.73 Å². The van der Waals surface area contributed by atoms with Gasteiger partial charge in [0.2, 0.25) is 0 Å². The molecule has 0 aromatic heterocycles. The second-order valence-electron chi connectivity index (χ2n) is 7.00. The van der Waals surface area contributed by atoms with Gasteiger partial charge in [-0.05, 0) is 25.3 Å². The van der Waals surface area contributed by atoms with E-state index in [1.54, 1.807) is 4.90 Å². The van der Waals surface area contributed by atoms with E-state index < -0.39 is 0 Å². The fraction of sp³-hybridized carbons (Fsp3) is 0.611. The van der Waals surface area contributed by atoms with Gasteiger partial charge in [0, 0.05) is 25.6 Å². The molecule has 1 aromatic carbocycles. The van der Waals surface area contributed by atoms with Crippen molar-refractivity contribution in [3.63, 3.8) is 0 Å². The Labute approximate surface area is 145 Å². The number of amides is 1. The van der Waals surface area contributed by atoms with Crippen LogP contribution in [0.2, 0.25) is 0 Å². The molecule has 0 unspecified atom stereocenters. The van der Waals surface area contributed by atoms with Crippen molar-refractivity contribution in [2.75, 3.05) is 20.1 Å². The van der Waals surface area contributed by atoms with Crippen molar-refractivity contribution in [2.45, 2.75) is 51.2 Å². The Kier molecular flexibility index (Phi) is 7.05. The second-order valence-corrected chi connectivity index (χ2v) is 7.00. The van der Waals surface area contributed by atoms with Gasteiger partial charge in [-0.25, -0.2) is 0 Å². The summed E-state index contributed by atoms with van der Waals surface area (Å²) in [5, 5.41) is 0. The summed E-state index contributed by atoms with van der Waals surface area (Å²) >= 11 is 0. The first kappa shape index (κ1) is 19.9. The second kappa shape index (κ2) is 8.13. The zero-order valence-electron chi connectivity index (χ0n) is 14.5. The van der Waals surface area contributed by atoms with E-state index in [1.165, 1.54) is 11.1 Å². The molecule has 1 aliphatic rings. The summed E-state index contributed by atoms with van der Waals surface area (Å²) in [4.78, 5) is 14.3. The van der Waals surface area contributed by atoms with Crippen molar-refractivity contribution in [3.8, 4) is 0 Å². The molecule has 23 heavy (non-hydrogen) atoms. The van der Waals surface area contributed by atoms with Gasteiger partial charge in [-0.3, -0.25) is 4.79 Å². The van der Waals surface area contributed by atoms with E-state index in [0.717, 1.165) is 12.8 Å². The molecule has 4 nitrogen and oxygen atoms in total. The standard InChI is InChI=1S/C18H28N2O2.ClH/c1-13-5-7-14(8-6-13)18(2,3)12-20(4)17(21)16-10-9-15(11-19)22-16;/h5-8,15-16H,9-12,19H2,1-4H3;1H/t15-,16+;/m1./s1. The van der Waals surface area contributed by atoms with Gasteiger partial charge >= 0.3 is 0 Å². The highest BCUT2D eigenvalue weighted by molar-refractivity contribution is 5.85.